The minimum absolute atomic E-state index is 0.131. The molecule has 0 aromatic heterocycles. The molecule has 1 aliphatic heterocycles. The molecule has 0 radical (unpaired) electrons. The van der Waals surface area contributed by atoms with Gasteiger partial charge in [0.2, 0.25) is 0 Å². The lowest BCUT2D eigenvalue weighted by Gasteiger charge is -2.40. The normalized spacial score (nSPS) is 31.6. The molecule has 2 atom stereocenters. The Morgan fingerprint density at radius 1 is 1.28 bits per heavy atom. The number of esters is 1. The third-order valence-corrected chi connectivity index (χ3v) is 3.49. The number of alkyl halides is 3. The van der Waals surface area contributed by atoms with Crippen molar-refractivity contribution < 1.29 is 32.2 Å². The van der Waals surface area contributed by atoms with Crippen LogP contribution in [0.15, 0.2) is 0 Å². The van der Waals surface area contributed by atoms with Crippen LogP contribution in [0.1, 0.15) is 19.3 Å². The summed E-state index contributed by atoms with van der Waals surface area (Å²) in [6, 6.07) is 0. The van der Waals surface area contributed by atoms with Gasteiger partial charge in [-0.15, -0.1) is 0 Å². The lowest BCUT2D eigenvalue weighted by molar-refractivity contribution is -0.253. The topological polar surface area (TPSA) is 44.8 Å². The molecular formula is C11H15F3O4. The molecule has 18 heavy (non-hydrogen) atoms. The van der Waals surface area contributed by atoms with E-state index < -0.39 is 29.8 Å². The van der Waals surface area contributed by atoms with Crippen molar-refractivity contribution >= 4 is 5.97 Å². The molecule has 104 valence electrons. The molecule has 1 saturated heterocycles. The third-order valence-electron chi connectivity index (χ3n) is 3.49. The van der Waals surface area contributed by atoms with Crippen LogP contribution in [-0.2, 0) is 19.0 Å². The number of ether oxygens (including phenoxy) is 3. The smallest absolute Gasteiger partial charge is 0.392 e. The average Bonchev–Trinajstić information content (AvgIpc) is 2.74. The van der Waals surface area contributed by atoms with Gasteiger partial charge < -0.3 is 14.2 Å². The molecule has 0 N–H and O–H groups in total. The highest BCUT2D eigenvalue weighted by molar-refractivity contribution is 5.72. The van der Waals surface area contributed by atoms with Gasteiger partial charge in [-0.05, 0) is 6.42 Å². The maximum atomic E-state index is 12.9. The van der Waals surface area contributed by atoms with Gasteiger partial charge in [0, 0.05) is 12.8 Å². The number of rotatable bonds is 1. The second-order valence-electron chi connectivity index (χ2n) is 4.71. The molecule has 1 spiro atoms. The molecule has 1 aliphatic carbocycles. The van der Waals surface area contributed by atoms with E-state index in [-0.39, 0.29) is 32.5 Å². The van der Waals surface area contributed by atoms with Crippen molar-refractivity contribution in [1.29, 1.82) is 0 Å². The molecule has 2 aliphatic rings. The summed E-state index contributed by atoms with van der Waals surface area (Å²) in [6.07, 6.45) is -4.73. The Bertz CT molecular complexity index is 323. The zero-order valence-electron chi connectivity index (χ0n) is 9.96. The van der Waals surface area contributed by atoms with Crippen LogP contribution in [0, 0.1) is 11.8 Å². The first-order valence-corrected chi connectivity index (χ1v) is 5.79. The van der Waals surface area contributed by atoms with E-state index in [2.05, 4.69) is 4.74 Å². The van der Waals surface area contributed by atoms with Gasteiger partial charge in [-0.1, -0.05) is 0 Å². The molecular weight excluding hydrogens is 253 g/mol. The first kappa shape index (κ1) is 13.6. The summed E-state index contributed by atoms with van der Waals surface area (Å²) in [5.74, 6) is -4.32. The monoisotopic (exact) mass is 268 g/mol. The molecule has 0 bridgehead atoms. The maximum Gasteiger partial charge on any atom is 0.392 e. The van der Waals surface area contributed by atoms with E-state index in [4.69, 9.17) is 9.47 Å². The minimum Gasteiger partial charge on any atom is -0.469 e. The van der Waals surface area contributed by atoms with E-state index in [1.165, 1.54) is 7.11 Å². The van der Waals surface area contributed by atoms with Gasteiger partial charge in [0.15, 0.2) is 5.79 Å². The molecule has 4 nitrogen and oxygen atoms in total. The Morgan fingerprint density at radius 2 is 1.89 bits per heavy atom. The summed E-state index contributed by atoms with van der Waals surface area (Å²) < 4.78 is 53.7. The van der Waals surface area contributed by atoms with Crippen molar-refractivity contribution in [3.8, 4) is 0 Å². The molecule has 0 unspecified atom stereocenters. The van der Waals surface area contributed by atoms with Crippen LogP contribution in [-0.4, -0.2) is 38.3 Å². The zero-order valence-corrected chi connectivity index (χ0v) is 9.96. The molecule has 2 fully saturated rings. The molecule has 0 amide bonds. The van der Waals surface area contributed by atoms with Gasteiger partial charge in [0.25, 0.3) is 0 Å². The van der Waals surface area contributed by atoms with Crippen LogP contribution in [0.5, 0.6) is 0 Å². The second-order valence-corrected chi connectivity index (χ2v) is 4.71. The minimum atomic E-state index is -4.35. The van der Waals surface area contributed by atoms with E-state index in [1.54, 1.807) is 0 Å². The number of methoxy groups -OCH3 is 1. The summed E-state index contributed by atoms with van der Waals surface area (Å²) in [5, 5.41) is 0. The molecule has 1 heterocycles. The second kappa shape index (κ2) is 4.70. The van der Waals surface area contributed by atoms with E-state index in [0.717, 1.165) is 0 Å². The van der Waals surface area contributed by atoms with Crippen LogP contribution in [0.3, 0.4) is 0 Å². The fourth-order valence-corrected chi connectivity index (χ4v) is 2.67. The predicted octanol–water partition coefficient (Wildman–Crippen LogP) is 1.88. The van der Waals surface area contributed by atoms with Crippen molar-refractivity contribution in [3.05, 3.63) is 0 Å². The standard InChI is InChI=1S/C11H15F3O4/c1-16-9(15)7-4-8(11(12,13)14)6-10(5-7)17-2-3-18-10/h7-8H,2-6H2,1H3/t7-,8-/m1/s1. The number of carbonyl (C=O) groups excluding carboxylic acids is 1. The molecule has 1 saturated carbocycles. The van der Waals surface area contributed by atoms with Crippen molar-refractivity contribution in [1.82, 2.24) is 0 Å². The third kappa shape index (κ3) is 2.61. The molecule has 7 heteroatoms. The Hall–Kier alpha value is -0.820. The van der Waals surface area contributed by atoms with Crippen molar-refractivity contribution in [2.45, 2.75) is 31.2 Å². The van der Waals surface area contributed by atoms with Crippen LogP contribution < -0.4 is 0 Å². The first-order valence-electron chi connectivity index (χ1n) is 5.79. The number of carbonyl (C=O) groups is 1. The van der Waals surface area contributed by atoms with Crippen molar-refractivity contribution in [3.63, 3.8) is 0 Å². The van der Waals surface area contributed by atoms with Crippen LogP contribution in [0.2, 0.25) is 0 Å². The Balaban J connectivity index is 2.18. The van der Waals surface area contributed by atoms with E-state index in [9.17, 15) is 18.0 Å². The molecule has 0 aromatic carbocycles. The quantitative estimate of drug-likeness (QED) is 0.681. The Morgan fingerprint density at radius 3 is 2.39 bits per heavy atom. The fourth-order valence-electron chi connectivity index (χ4n) is 2.67. The van der Waals surface area contributed by atoms with Gasteiger partial charge >= 0.3 is 12.1 Å². The zero-order chi connectivity index (χ0) is 13.4. The van der Waals surface area contributed by atoms with E-state index in [0.29, 0.717) is 0 Å². The lowest BCUT2D eigenvalue weighted by atomic mass is 9.77. The highest BCUT2D eigenvalue weighted by atomic mass is 19.4. The SMILES string of the molecule is COC(=O)[C@@H]1C[C@@H](C(F)(F)F)CC2(C1)OCCO2. The molecule has 0 aromatic rings. The van der Waals surface area contributed by atoms with Crippen molar-refractivity contribution in [2.75, 3.05) is 20.3 Å². The number of hydrogen-bond donors (Lipinski definition) is 0. The Labute approximate surface area is 102 Å². The molecule has 2 rings (SSSR count). The van der Waals surface area contributed by atoms with Crippen molar-refractivity contribution in [2.24, 2.45) is 11.8 Å². The largest absolute Gasteiger partial charge is 0.469 e. The van der Waals surface area contributed by atoms with Gasteiger partial charge in [-0.2, -0.15) is 13.2 Å². The van der Waals surface area contributed by atoms with Gasteiger partial charge in [-0.3, -0.25) is 4.79 Å². The summed E-state index contributed by atoms with van der Waals surface area (Å²) in [6.45, 7) is 0.525. The Kier molecular flexibility index (Phi) is 3.55. The van der Waals surface area contributed by atoms with E-state index in [1.807, 2.05) is 0 Å². The first-order chi connectivity index (χ1) is 8.36. The summed E-state index contributed by atoms with van der Waals surface area (Å²) in [4.78, 5) is 11.5. The van der Waals surface area contributed by atoms with E-state index >= 15 is 0 Å². The van der Waals surface area contributed by atoms with Crippen LogP contribution in [0.25, 0.3) is 0 Å². The number of halogens is 3. The fraction of sp³-hybridized carbons (Fsp3) is 0.909. The maximum absolute atomic E-state index is 12.9. The number of hydrogen-bond acceptors (Lipinski definition) is 4. The van der Waals surface area contributed by atoms with Crippen LogP contribution >= 0.6 is 0 Å². The van der Waals surface area contributed by atoms with Gasteiger partial charge in [-0.25, -0.2) is 0 Å². The lowest BCUT2D eigenvalue weighted by Crippen LogP contribution is -2.46. The predicted molar refractivity (Wildman–Crippen MR) is 53.5 cm³/mol. The summed E-state index contributed by atoms with van der Waals surface area (Å²) in [7, 11) is 1.17. The summed E-state index contributed by atoms with van der Waals surface area (Å²) >= 11 is 0. The highest BCUT2D eigenvalue weighted by Gasteiger charge is 2.54. The van der Waals surface area contributed by atoms with Gasteiger partial charge in [0.05, 0.1) is 32.2 Å². The average molecular weight is 268 g/mol. The highest BCUT2D eigenvalue weighted by Crippen LogP contribution is 2.47. The summed E-state index contributed by atoms with van der Waals surface area (Å²) in [5.41, 5.74) is 0. The van der Waals surface area contributed by atoms with Crippen LogP contribution in [0.4, 0.5) is 13.2 Å². The van der Waals surface area contributed by atoms with Gasteiger partial charge in [0.1, 0.15) is 0 Å².